The van der Waals surface area contributed by atoms with Crippen LogP contribution in [0.25, 0.3) is 0 Å². The number of likely N-dealkylation sites (tertiary alicyclic amines) is 1. The van der Waals surface area contributed by atoms with Crippen LogP contribution in [-0.4, -0.2) is 24.0 Å². The second-order valence-corrected chi connectivity index (χ2v) is 5.40. The molecule has 1 aromatic carbocycles. The van der Waals surface area contributed by atoms with E-state index >= 15 is 0 Å². The Morgan fingerprint density at radius 3 is 2.79 bits per heavy atom. The van der Waals surface area contributed by atoms with Gasteiger partial charge in [-0.05, 0) is 36.9 Å². The average Bonchev–Trinajstić information content (AvgIpc) is 2.36. The van der Waals surface area contributed by atoms with Crippen LogP contribution in [0.1, 0.15) is 31.4 Å². The van der Waals surface area contributed by atoms with Crippen LogP contribution >= 0.6 is 12.4 Å². The van der Waals surface area contributed by atoms with Crippen molar-refractivity contribution in [2.45, 2.75) is 39.3 Å². The molecule has 1 aliphatic rings. The smallest absolute Gasteiger partial charge is 0.127 e. The van der Waals surface area contributed by atoms with E-state index in [9.17, 15) is 4.39 Å². The van der Waals surface area contributed by atoms with Crippen molar-refractivity contribution in [3.63, 3.8) is 0 Å². The molecule has 2 unspecified atom stereocenters. The summed E-state index contributed by atoms with van der Waals surface area (Å²) in [4.78, 5) is 2.33. The molecule has 2 atom stereocenters. The second kappa shape index (κ2) is 7.22. The zero-order chi connectivity index (χ0) is 13.1. The number of hydrogen-bond donors (Lipinski definition) is 1. The second-order valence-electron chi connectivity index (χ2n) is 5.40. The van der Waals surface area contributed by atoms with E-state index < -0.39 is 0 Å². The lowest BCUT2D eigenvalue weighted by Gasteiger charge is -2.35. The molecule has 2 rings (SSSR count). The maximum Gasteiger partial charge on any atom is 0.127 e. The predicted molar refractivity (Wildman–Crippen MR) is 80.1 cm³/mol. The molecule has 4 heteroatoms. The van der Waals surface area contributed by atoms with Gasteiger partial charge in [0, 0.05) is 24.7 Å². The van der Waals surface area contributed by atoms with E-state index in [0.29, 0.717) is 18.5 Å². The van der Waals surface area contributed by atoms with Gasteiger partial charge in [-0.2, -0.15) is 0 Å². The Labute approximate surface area is 121 Å². The summed E-state index contributed by atoms with van der Waals surface area (Å²) in [6.07, 6.45) is 1.90. The molecule has 0 aliphatic carbocycles. The summed E-state index contributed by atoms with van der Waals surface area (Å²) in [5.74, 6) is 0.424. The van der Waals surface area contributed by atoms with Crippen molar-refractivity contribution in [2.24, 2.45) is 11.7 Å². The summed E-state index contributed by atoms with van der Waals surface area (Å²) in [6.45, 7) is 6.92. The lowest BCUT2D eigenvalue weighted by Crippen LogP contribution is -2.45. The van der Waals surface area contributed by atoms with Gasteiger partial charge in [-0.1, -0.05) is 26.0 Å². The average molecular weight is 287 g/mol. The number of hydrogen-bond acceptors (Lipinski definition) is 2. The zero-order valence-corrected chi connectivity index (χ0v) is 12.5. The van der Waals surface area contributed by atoms with E-state index in [-0.39, 0.29) is 18.2 Å². The summed E-state index contributed by atoms with van der Waals surface area (Å²) in [5.41, 5.74) is 8.01. The number of aryl methyl sites for hydroxylation is 1. The van der Waals surface area contributed by atoms with Crippen LogP contribution in [0.5, 0.6) is 0 Å². The fourth-order valence-electron chi connectivity index (χ4n) is 2.73. The van der Waals surface area contributed by atoms with Crippen molar-refractivity contribution < 1.29 is 4.39 Å². The molecule has 1 fully saturated rings. The molecule has 1 aliphatic heterocycles. The molecule has 0 spiro atoms. The molecule has 2 nitrogen and oxygen atoms in total. The third-order valence-electron chi connectivity index (χ3n) is 4.03. The number of nitrogens with two attached hydrogens (primary N) is 1. The SMILES string of the molecule is CCc1cccc(F)c1CN1CCC(N)C(C)C1.Cl. The number of halogens is 2. The Bertz CT molecular complexity index is 411. The number of rotatable bonds is 3. The highest BCUT2D eigenvalue weighted by molar-refractivity contribution is 5.85. The van der Waals surface area contributed by atoms with Gasteiger partial charge in [0.25, 0.3) is 0 Å². The normalized spacial score (nSPS) is 24.0. The molecule has 0 amide bonds. The van der Waals surface area contributed by atoms with Crippen LogP contribution in [-0.2, 0) is 13.0 Å². The molecular weight excluding hydrogens is 263 g/mol. The minimum Gasteiger partial charge on any atom is -0.327 e. The number of nitrogens with zero attached hydrogens (tertiary/aromatic N) is 1. The van der Waals surface area contributed by atoms with Gasteiger partial charge in [0.2, 0.25) is 0 Å². The number of piperidine rings is 1. The molecular formula is C15H24ClFN2. The van der Waals surface area contributed by atoms with Crippen LogP contribution in [0.4, 0.5) is 4.39 Å². The Morgan fingerprint density at radius 1 is 1.42 bits per heavy atom. The summed E-state index contributed by atoms with van der Waals surface area (Å²) < 4.78 is 13.9. The van der Waals surface area contributed by atoms with Crippen molar-refractivity contribution in [2.75, 3.05) is 13.1 Å². The van der Waals surface area contributed by atoms with E-state index in [1.807, 2.05) is 6.07 Å². The Balaban J connectivity index is 0.00000180. The minimum absolute atomic E-state index is 0. The van der Waals surface area contributed by atoms with Crippen LogP contribution in [0.2, 0.25) is 0 Å². The zero-order valence-electron chi connectivity index (χ0n) is 11.7. The van der Waals surface area contributed by atoms with E-state index in [1.165, 1.54) is 0 Å². The first-order valence-electron chi connectivity index (χ1n) is 6.86. The summed E-state index contributed by atoms with van der Waals surface area (Å²) in [6, 6.07) is 5.69. The lowest BCUT2D eigenvalue weighted by molar-refractivity contribution is 0.156. The first kappa shape index (κ1) is 16.4. The minimum atomic E-state index is -0.0723. The lowest BCUT2D eigenvalue weighted by atomic mass is 9.94. The van der Waals surface area contributed by atoms with E-state index in [2.05, 4.69) is 18.7 Å². The highest BCUT2D eigenvalue weighted by atomic mass is 35.5. The highest BCUT2D eigenvalue weighted by Crippen LogP contribution is 2.21. The van der Waals surface area contributed by atoms with Crippen LogP contribution in [0.15, 0.2) is 18.2 Å². The van der Waals surface area contributed by atoms with Gasteiger partial charge in [0.1, 0.15) is 5.82 Å². The standard InChI is InChI=1S/C15H23FN2.ClH/c1-3-12-5-4-6-14(16)13(12)10-18-8-7-15(17)11(2)9-18;/h4-6,11,15H,3,7-10,17H2,1-2H3;1H. The van der Waals surface area contributed by atoms with Gasteiger partial charge in [-0.3, -0.25) is 4.90 Å². The Morgan fingerprint density at radius 2 is 2.16 bits per heavy atom. The van der Waals surface area contributed by atoms with E-state index in [4.69, 9.17) is 5.73 Å². The number of benzene rings is 1. The fraction of sp³-hybridized carbons (Fsp3) is 0.600. The summed E-state index contributed by atoms with van der Waals surface area (Å²) in [5, 5.41) is 0. The molecule has 0 saturated carbocycles. The van der Waals surface area contributed by atoms with Gasteiger partial charge in [-0.15, -0.1) is 12.4 Å². The van der Waals surface area contributed by atoms with Gasteiger partial charge in [0.05, 0.1) is 0 Å². The van der Waals surface area contributed by atoms with Gasteiger partial charge < -0.3 is 5.73 Å². The third kappa shape index (κ3) is 3.91. The molecule has 19 heavy (non-hydrogen) atoms. The van der Waals surface area contributed by atoms with Gasteiger partial charge in [0.15, 0.2) is 0 Å². The summed E-state index contributed by atoms with van der Waals surface area (Å²) >= 11 is 0. The highest BCUT2D eigenvalue weighted by Gasteiger charge is 2.24. The largest absolute Gasteiger partial charge is 0.327 e. The van der Waals surface area contributed by atoms with Crippen molar-refractivity contribution >= 4 is 12.4 Å². The summed E-state index contributed by atoms with van der Waals surface area (Å²) in [7, 11) is 0. The maximum atomic E-state index is 13.9. The molecule has 0 bridgehead atoms. The van der Waals surface area contributed by atoms with Gasteiger partial charge >= 0.3 is 0 Å². The van der Waals surface area contributed by atoms with Crippen LogP contribution < -0.4 is 5.73 Å². The molecule has 1 aromatic rings. The van der Waals surface area contributed by atoms with Crippen LogP contribution in [0, 0.1) is 11.7 Å². The molecule has 1 heterocycles. The Kier molecular flexibility index (Phi) is 6.24. The topological polar surface area (TPSA) is 29.3 Å². The fourth-order valence-corrected chi connectivity index (χ4v) is 2.73. The molecule has 2 N–H and O–H groups in total. The van der Waals surface area contributed by atoms with Crippen molar-refractivity contribution in [3.8, 4) is 0 Å². The molecule has 108 valence electrons. The first-order chi connectivity index (χ1) is 8.61. The van der Waals surface area contributed by atoms with Crippen LogP contribution in [0.3, 0.4) is 0 Å². The van der Waals surface area contributed by atoms with Crippen molar-refractivity contribution in [1.29, 1.82) is 0 Å². The molecule has 0 radical (unpaired) electrons. The van der Waals surface area contributed by atoms with Crippen molar-refractivity contribution in [3.05, 3.63) is 35.1 Å². The van der Waals surface area contributed by atoms with E-state index in [1.54, 1.807) is 12.1 Å². The monoisotopic (exact) mass is 286 g/mol. The van der Waals surface area contributed by atoms with E-state index in [0.717, 1.165) is 37.1 Å². The van der Waals surface area contributed by atoms with Crippen molar-refractivity contribution in [1.82, 2.24) is 4.90 Å². The molecule has 0 aromatic heterocycles. The third-order valence-corrected chi connectivity index (χ3v) is 4.03. The first-order valence-corrected chi connectivity index (χ1v) is 6.86. The van der Waals surface area contributed by atoms with Gasteiger partial charge in [-0.25, -0.2) is 4.39 Å². The maximum absolute atomic E-state index is 13.9. The Hall–Kier alpha value is -0.640. The molecule has 1 saturated heterocycles. The quantitative estimate of drug-likeness (QED) is 0.926. The predicted octanol–water partition coefficient (Wildman–Crippen LogP) is 2.98.